The average Bonchev–Trinajstić information content (AvgIpc) is 3.30. The minimum atomic E-state index is -2.70. The van der Waals surface area contributed by atoms with Crippen LogP contribution in [-0.2, 0) is 23.7 Å². The van der Waals surface area contributed by atoms with E-state index in [0.717, 1.165) is 0 Å². The lowest BCUT2D eigenvalue weighted by atomic mass is 9.88. The number of rotatable bonds is 0. The number of ether oxygens (including phenoxy) is 5. The molecule has 1 fully saturated rings. The van der Waals surface area contributed by atoms with Gasteiger partial charge in [0.1, 0.15) is 12.7 Å². The van der Waals surface area contributed by atoms with Crippen LogP contribution < -0.4 is 11.3 Å². The number of carbonyl (C=O) groups excluding carboxylic acids is 4. The molecule has 6 aromatic carbocycles. The molecule has 2 aromatic heterocycles. The number of fused-ring (bicyclic) bond motifs is 10. The van der Waals surface area contributed by atoms with Crippen LogP contribution in [0.15, 0.2) is 42.7 Å². The molecule has 0 spiro atoms. The zero-order chi connectivity index (χ0) is 56.3. The van der Waals surface area contributed by atoms with Crippen molar-refractivity contribution in [3.8, 4) is 125 Å². The molecular weight excluding hydrogens is 1060 g/mol. The molecular formula is C48H28O30. The van der Waals surface area contributed by atoms with Gasteiger partial charge in [-0.25, -0.2) is 28.8 Å². The Morgan fingerprint density at radius 1 is 0.346 bits per heavy atom. The number of benzene rings is 6. The van der Waals surface area contributed by atoms with E-state index in [-0.39, 0.29) is 0 Å². The molecule has 400 valence electrons. The summed E-state index contributed by atoms with van der Waals surface area (Å²) in [7, 11) is 0. The predicted octanol–water partition coefficient (Wildman–Crippen LogP) is 1.96. The zero-order valence-corrected chi connectivity index (χ0v) is 37.8. The average molecular weight is 1080 g/mol. The van der Waals surface area contributed by atoms with E-state index in [1.807, 2.05) is 0 Å². The molecule has 30 heteroatoms. The van der Waals surface area contributed by atoms with Crippen LogP contribution in [0.3, 0.4) is 0 Å². The smallest absolute Gasteiger partial charge is 0.345 e. The largest absolute Gasteiger partial charge is 0.504 e. The first-order valence-corrected chi connectivity index (χ1v) is 21.7. The van der Waals surface area contributed by atoms with Crippen molar-refractivity contribution in [1.82, 2.24) is 0 Å². The first-order chi connectivity index (χ1) is 36.8. The van der Waals surface area contributed by atoms with Crippen LogP contribution in [0.25, 0.3) is 66.1 Å². The number of phenolic OH excluding ortho intramolecular Hbond substituents is 16. The number of phenols is 16. The minimum absolute atomic E-state index is 0.293. The first-order valence-electron chi connectivity index (χ1n) is 21.7. The van der Waals surface area contributed by atoms with Crippen LogP contribution in [-0.4, -0.2) is 148 Å². The molecule has 6 bridgehead atoms. The monoisotopic (exact) mass is 1080 g/mol. The number of aliphatic hydroxyl groups is 1. The Kier molecular flexibility index (Phi) is 10.3. The van der Waals surface area contributed by atoms with Crippen molar-refractivity contribution in [3.05, 3.63) is 67.4 Å². The first kappa shape index (κ1) is 49.1. The summed E-state index contributed by atoms with van der Waals surface area (Å²) < 4.78 is 38.5. The van der Waals surface area contributed by atoms with Crippen LogP contribution in [0.2, 0.25) is 0 Å². The lowest BCUT2D eigenvalue weighted by Crippen LogP contribution is -2.62. The maximum absolute atomic E-state index is 15.0. The summed E-state index contributed by atoms with van der Waals surface area (Å²) in [4.78, 5) is 86.6. The molecule has 17 N–H and O–H groups in total. The van der Waals surface area contributed by atoms with Gasteiger partial charge in [-0.05, 0) is 24.3 Å². The number of aromatic hydroxyl groups is 16. The van der Waals surface area contributed by atoms with Crippen LogP contribution in [0.1, 0.15) is 41.4 Å². The number of carbonyl (C=O) groups is 4. The fourth-order valence-corrected chi connectivity index (χ4v) is 9.72. The van der Waals surface area contributed by atoms with Gasteiger partial charge in [0, 0.05) is 44.2 Å². The summed E-state index contributed by atoms with van der Waals surface area (Å²) in [5, 5.41) is 185. The quantitative estimate of drug-likeness (QED) is 0.0339. The van der Waals surface area contributed by atoms with Gasteiger partial charge in [0.25, 0.3) is 0 Å². The summed E-state index contributed by atoms with van der Waals surface area (Å²) >= 11 is 0. The highest BCUT2D eigenvalue weighted by Gasteiger charge is 2.54. The van der Waals surface area contributed by atoms with E-state index in [2.05, 4.69) is 0 Å². The highest BCUT2D eigenvalue weighted by atomic mass is 16.7. The van der Waals surface area contributed by atoms with E-state index >= 15 is 0 Å². The molecule has 1 saturated heterocycles. The number of hydrogen-bond donors (Lipinski definition) is 17. The molecule has 0 saturated carbocycles. The van der Waals surface area contributed by atoms with Crippen LogP contribution in [0.5, 0.6) is 92.0 Å². The maximum Gasteiger partial charge on any atom is 0.345 e. The van der Waals surface area contributed by atoms with Crippen molar-refractivity contribution >= 4 is 56.6 Å². The van der Waals surface area contributed by atoms with E-state index < -0.39 is 253 Å². The van der Waals surface area contributed by atoms with Gasteiger partial charge in [-0.15, -0.1) is 0 Å². The van der Waals surface area contributed by atoms with E-state index in [1.165, 1.54) is 0 Å². The van der Waals surface area contributed by atoms with Crippen molar-refractivity contribution in [2.75, 3.05) is 6.61 Å². The number of esters is 4. The second-order valence-electron chi connectivity index (χ2n) is 17.4. The summed E-state index contributed by atoms with van der Waals surface area (Å²) in [6.45, 7) is -1.46. The molecule has 11 rings (SSSR count). The number of aliphatic hydroxyl groups excluding tert-OH is 1. The standard InChI is InChI=1S/C48H28O30/c49-10-1-6-17(31(59)27(10)55)19-23-21-22-24(47(70)76-38(21)35(63)33(19)61)20(34(62)36(64)39(22)75-46(23)69)18-9(4-13(52)28(56)32(18)60)43(66)74-37-14(5-72-42(6)65)73-48(71)41-40(37)77-44(67)7-2-11(50)25(53)29(57)15(7)16-8(45(68)78-41)3-12(51)26(54)30(16)58/h1-4,14,37,40-41,48-64,71H,5H2/t14-,37-,40+,41-,48+/m1/s1. The van der Waals surface area contributed by atoms with Gasteiger partial charge in [0.2, 0.25) is 34.5 Å². The van der Waals surface area contributed by atoms with E-state index in [0.29, 0.717) is 24.3 Å². The molecule has 0 aliphatic carbocycles. The third kappa shape index (κ3) is 6.49. The van der Waals surface area contributed by atoms with Crippen LogP contribution in [0.4, 0.5) is 0 Å². The highest BCUT2D eigenvalue weighted by molar-refractivity contribution is 6.29. The molecule has 78 heavy (non-hydrogen) atoms. The van der Waals surface area contributed by atoms with Gasteiger partial charge in [-0.3, -0.25) is 0 Å². The van der Waals surface area contributed by atoms with E-state index in [4.69, 9.17) is 32.5 Å². The van der Waals surface area contributed by atoms with Gasteiger partial charge in [-0.1, -0.05) is 0 Å². The van der Waals surface area contributed by atoms with Gasteiger partial charge in [-0.2, -0.15) is 0 Å². The fourth-order valence-electron chi connectivity index (χ4n) is 9.72. The number of hydrogen-bond acceptors (Lipinski definition) is 30. The summed E-state index contributed by atoms with van der Waals surface area (Å²) in [6.07, 6.45) is -12.9. The van der Waals surface area contributed by atoms with Crippen molar-refractivity contribution < 1.29 is 139 Å². The Hall–Kier alpha value is -11.1. The molecule has 5 heterocycles. The van der Waals surface area contributed by atoms with Crippen molar-refractivity contribution in [3.63, 3.8) is 0 Å². The van der Waals surface area contributed by atoms with Crippen molar-refractivity contribution in [2.45, 2.75) is 30.7 Å². The normalized spacial score (nSPS) is 19.3. The minimum Gasteiger partial charge on any atom is -0.504 e. The molecule has 0 radical (unpaired) electrons. The second kappa shape index (κ2) is 16.4. The predicted molar refractivity (Wildman–Crippen MR) is 245 cm³/mol. The Balaban J connectivity index is 1.22. The van der Waals surface area contributed by atoms with Crippen LogP contribution in [0, 0.1) is 0 Å². The van der Waals surface area contributed by atoms with Crippen LogP contribution >= 0.6 is 0 Å². The number of cyclic esters (lactones) is 1. The van der Waals surface area contributed by atoms with E-state index in [9.17, 15) is 116 Å². The Morgan fingerprint density at radius 2 is 0.654 bits per heavy atom. The summed E-state index contributed by atoms with van der Waals surface area (Å²) in [5.41, 5.74) is -17.8. The maximum atomic E-state index is 15.0. The van der Waals surface area contributed by atoms with Crippen molar-refractivity contribution in [1.29, 1.82) is 0 Å². The molecule has 3 aliphatic heterocycles. The molecule has 5 atom stereocenters. The zero-order valence-electron chi connectivity index (χ0n) is 37.8. The molecule has 0 amide bonds. The van der Waals surface area contributed by atoms with Gasteiger partial charge in [0.05, 0.1) is 33.0 Å². The summed E-state index contributed by atoms with van der Waals surface area (Å²) in [5.74, 6) is -31.1. The van der Waals surface area contributed by atoms with Gasteiger partial charge < -0.3 is 119 Å². The highest BCUT2D eigenvalue weighted by Crippen LogP contribution is 2.59. The third-order valence-corrected chi connectivity index (χ3v) is 13.2. The van der Waals surface area contributed by atoms with Gasteiger partial charge >= 0.3 is 35.1 Å². The molecule has 8 aromatic rings. The second-order valence-corrected chi connectivity index (χ2v) is 17.4. The third-order valence-electron chi connectivity index (χ3n) is 13.2. The Morgan fingerprint density at radius 3 is 1.03 bits per heavy atom. The van der Waals surface area contributed by atoms with E-state index in [1.54, 1.807) is 0 Å². The molecule has 3 aliphatic rings. The topological polar surface area (TPSA) is 519 Å². The summed E-state index contributed by atoms with van der Waals surface area (Å²) in [6, 6.07) is 1.42. The molecule has 30 nitrogen and oxygen atoms in total. The van der Waals surface area contributed by atoms with Gasteiger partial charge in [0.15, 0.2) is 93.3 Å². The SMILES string of the molecule is O=C1O[C@@H]2[C@@H](OC(=O)c3cc(O)c(O)c(O)c3-c3c1cc(O)c(O)c3O)[C@@H](O)O[C@@H]1COC(=O)c3cc(O)c(O)c(O)c3-c3c(O)c(O)c4oc(=O)c5c(c(O)c(O)c6oc(=O)c3c4c65)-c3c(cc(O)c(O)c3O)C(=O)O[C@@H]21. The Labute approximate surface area is 424 Å². The lowest BCUT2D eigenvalue weighted by molar-refractivity contribution is -0.284. The molecule has 0 unspecified atom stereocenters. The lowest BCUT2D eigenvalue weighted by Gasteiger charge is -2.43. The Bertz CT molecular complexity index is 4240. The fraction of sp³-hybridized carbons (Fsp3) is 0.125. The van der Waals surface area contributed by atoms with Crippen molar-refractivity contribution in [2.24, 2.45) is 0 Å².